The quantitative estimate of drug-likeness (QED) is 0.864. The van der Waals surface area contributed by atoms with Gasteiger partial charge in [0.05, 0.1) is 6.33 Å². The standard InChI is InChI=1S/C12H22N4O2S/c1-3-16(12(9-13)6-4-5-7-12)19(17,18)11-8-15(2)10-14-11/h8,10H,3-7,9,13H2,1-2H3. The summed E-state index contributed by atoms with van der Waals surface area (Å²) in [5.41, 5.74) is 5.47. The number of imidazole rings is 1. The molecule has 1 aromatic rings. The number of aromatic nitrogens is 2. The van der Waals surface area contributed by atoms with Crippen LogP contribution in [0.5, 0.6) is 0 Å². The SMILES string of the molecule is CCN(C1(CN)CCCC1)S(=O)(=O)c1cn(C)cn1. The summed E-state index contributed by atoms with van der Waals surface area (Å²) in [5.74, 6) is 0. The van der Waals surface area contributed by atoms with Crippen molar-refractivity contribution < 1.29 is 8.42 Å². The molecular weight excluding hydrogens is 264 g/mol. The molecule has 0 amide bonds. The largest absolute Gasteiger partial charge is 0.339 e. The van der Waals surface area contributed by atoms with Crippen LogP contribution < -0.4 is 5.73 Å². The first-order valence-electron chi connectivity index (χ1n) is 6.67. The van der Waals surface area contributed by atoms with Crippen LogP contribution in [-0.4, -0.2) is 40.9 Å². The second-order valence-electron chi connectivity index (χ2n) is 5.18. The summed E-state index contributed by atoms with van der Waals surface area (Å²) in [7, 11) is -1.80. The van der Waals surface area contributed by atoms with E-state index in [0.717, 1.165) is 25.7 Å². The Hall–Kier alpha value is -0.920. The number of hydrogen-bond donors (Lipinski definition) is 1. The minimum atomic E-state index is -3.56. The Morgan fingerprint density at radius 1 is 1.47 bits per heavy atom. The molecule has 7 heteroatoms. The third kappa shape index (κ3) is 2.42. The van der Waals surface area contributed by atoms with Crippen LogP contribution in [0.1, 0.15) is 32.6 Å². The monoisotopic (exact) mass is 286 g/mol. The molecule has 0 atom stereocenters. The average Bonchev–Trinajstić information content (AvgIpc) is 2.99. The lowest BCUT2D eigenvalue weighted by molar-refractivity contribution is 0.204. The van der Waals surface area contributed by atoms with Crippen molar-refractivity contribution in [2.75, 3.05) is 13.1 Å². The fraction of sp³-hybridized carbons (Fsp3) is 0.750. The zero-order valence-electron chi connectivity index (χ0n) is 11.5. The molecule has 1 fully saturated rings. The van der Waals surface area contributed by atoms with E-state index in [1.54, 1.807) is 15.9 Å². The molecule has 1 saturated carbocycles. The number of sulfonamides is 1. The first-order valence-corrected chi connectivity index (χ1v) is 8.11. The van der Waals surface area contributed by atoms with Crippen molar-refractivity contribution in [1.29, 1.82) is 0 Å². The number of nitrogens with two attached hydrogens (primary N) is 1. The van der Waals surface area contributed by atoms with Crippen LogP contribution in [0, 0.1) is 0 Å². The Labute approximate surface area is 114 Å². The number of rotatable bonds is 5. The van der Waals surface area contributed by atoms with Gasteiger partial charge in [-0.25, -0.2) is 13.4 Å². The van der Waals surface area contributed by atoms with Crippen LogP contribution in [0.25, 0.3) is 0 Å². The lowest BCUT2D eigenvalue weighted by atomic mass is 9.98. The molecule has 0 unspecified atom stereocenters. The molecule has 6 nitrogen and oxygen atoms in total. The van der Waals surface area contributed by atoms with Crippen LogP contribution in [-0.2, 0) is 17.1 Å². The molecule has 19 heavy (non-hydrogen) atoms. The molecule has 0 spiro atoms. The van der Waals surface area contributed by atoms with Gasteiger partial charge in [0.15, 0.2) is 5.03 Å². The Morgan fingerprint density at radius 3 is 2.53 bits per heavy atom. The molecule has 0 radical (unpaired) electrons. The summed E-state index contributed by atoms with van der Waals surface area (Å²) < 4.78 is 28.6. The van der Waals surface area contributed by atoms with Gasteiger partial charge in [-0.1, -0.05) is 19.8 Å². The van der Waals surface area contributed by atoms with Crippen molar-refractivity contribution in [3.05, 3.63) is 12.5 Å². The summed E-state index contributed by atoms with van der Waals surface area (Å²) in [6.45, 7) is 2.65. The fourth-order valence-corrected chi connectivity index (χ4v) is 4.80. The van der Waals surface area contributed by atoms with Crippen molar-refractivity contribution in [3.63, 3.8) is 0 Å². The maximum absolute atomic E-state index is 12.7. The predicted molar refractivity (Wildman–Crippen MR) is 73.0 cm³/mol. The fourth-order valence-electron chi connectivity index (χ4n) is 2.98. The van der Waals surface area contributed by atoms with E-state index in [4.69, 9.17) is 5.73 Å². The Bertz CT molecular complexity index is 532. The molecule has 0 bridgehead atoms. The van der Waals surface area contributed by atoms with Crippen molar-refractivity contribution in [1.82, 2.24) is 13.9 Å². The van der Waals surface area contributed by atoms with E-state index < -0.39 is 15.6 Å². The van der Waals surface area contributed by atoms with Gasteiger partial charge in [-0.2, -0.15) is 4.31 Å². The molecule has 108 valence electrons. The summed E-state index contributed by atoms with van der Waals surface area (Å²) in [6, 6.07) is 0. The lowest BCUT2D eigenvalue weighted by Crippen LogP contribution is -2.54. The maximum atomic E-state index is 12.7. The first kappa shape index (κ1) is 14.5. The molecule has 0 saturated heterocycles. The number of likely N-dealkylation sites (N-methyl/N-ethyl adjacent to an activating group) is 1. The maximum Gasteiger partial charge on any atom is 0.262 e. The van der Waals surface area contributed by atoms with Crippen LogP contribution >= 0.6 is 0 Å². The molecule has 0 aromatic carbocycles. The van der Waals surface area contributed by atoms with E-state index in [-0.39, 0.29) is 5.03 Å². The summed E-state index contributed by atoms with van der Waals surface area (Å²) in [4.78, 5) is 3.99. The molecule has 1 aliphatic rings. The van der Waals surface area contributed by atoms with E-state index >= 15 is 0 Å². The van der Waals surface area contributed by atoms with E-state index in [2.05, 4.69) is 4.98 Å². The number of hydrogen-bond acceptors (Lipinski definition) is 4. The topological polar surface area (TPSA) is 81.2 Å². The van der Waals surface area contributed by atoms with Crippen molar-refractivity contribution >= 4 is 10.0 Å². The highest BCUT2D eigenvalue weighted by Gasteiger charge is 2.44. The van der Waals surface area contributed by atoms with E-state index in [1.165, 1.54) is 12.5 Å². The van der Waals surface area contributed by atoms with Crippen LogP contribution in [0.3, 0.4) is 0 Å². The number of nitrogens with zero attached hydrogens (tertiary/aromatic N) is 3. The normalized spacial score (nSPS) is 19.2. The van der Waals surface area contributed by atoms with Gasteiger partial charge < -0.3 is 10.3 Å². The molecular formula is C12H22N4O2S. The Morgan fingerprint density at radius 2 is 2.11 bits per heavy atom. The molecule has 1 heterocycles. The second kappa shape index (κ2) is 5.22. The van der Waals surface area contributed by atoms with Gasteiger partial charge in [0, 0.05) is 31.9 Å². The van der Waals surface area contributed by atoms with Gasteiger partial charge in [-0.15, -0.1) is 0 Å². The lowest BCUT2D eigenvalue weighted by Gasteiger charge is -2.38. The van der Waals surface area contributed by atoms with Gasteiger partial charge in [0.1, 0.15) is 0 Å². The highest BCUT2D eigenvalue weighted by atomic mass is 32.2. The zero-order valence-corrected chi connectivity index (χ0v) is 12.4. The Kier molecular flexibility index (Phi) is 3.98. The minimum absolute atomic E-state index is 0.108. The highest BCUT2D eigenvalue weighted by molar-refractivity contribution is 7.89. The third-order valence-corrected chi connectivity index (χ3v) is 5.93. The molecule has 2 rings (SSSR count). The zero-order chi connectivity index (χ0) is 14.1. The van der Waals surface area contributed by atoms with Gasteiger partial charge in [-0.3, -0.25) is 0 Å². The summed E-state index contributed by atoms with van der Waals surface area (Å²) in [5, 5.41) is 0.108. The highest BCUT2D eigenvalue weighted by Crippen LogP contribution is 2.37. The van der Waals surface area contributed by atoms with Crippen LogP contribution in [0.2, 0.25) is 0 Å². The van der Waals surface area contributed by atoms with Crippen LogP contribution in [0.4, 0.5) is 0 Å². The molecule has 2 N–H and O–H groups in total. The predicted octanol–water partition coefficient (Wildman–Crippen LogP) is 0.702. The average molecular weight is 286 g/mol. The van der Waals surface area contributed by atoms with Crippen LogP contribution in [0.15, 0.2) is 17.6 Å². The number of aryl methyl sites for hydroxylation is 1. The van der Waals surface area contributed by atoms with Crippen molar-refractivity contribution in [3.8, 4) is 0 Å². The minimum Gasteiger partial charge on any atom is -0.339 e. The Balaban J connectivity index is 2.41. The smallest absolute Gasteiger partial charge is 0.262 e. The summed E-state index contributed by atoms with van der Waals surface area (Å²) in [6.07, 6.45) is 6.78. The van der Waals surface area contributed by atoms with Crippen molar-refractivity contribution in [2.24, 2.45) is 12.8 Å². The second-order valence-corrected chi connectivity index (χ2v) is 6.99. The van der Waals surface area contributed by atoms with Gasteiger partial charge in [-0.05, 0) is 12.8 Å². The molecule has 0 aliphatic heterocycles. The van der Waals surface area contributed by atoms with Crippen molar-refractivity contribution in [2.45, 2.75) is 43.2 Å². The van der Waals surface area contributed by atoms with Gasteiger partial charge in [0.25, 0.3) is 10.0 Å². The molecule has 1 aliphatic carbocycles. The summed E-state index contributed by atoms with van der Waals surface area (Å²) >= 11 is 0. The van der Waals surface area contributed by atoms with Gasteiger partial charge in [0.2, 0.25) is 0 Å². The first-order chi connectivity index (χ1) is 8.96. The molecule has 1 aromatic heterocycles. The van der Waals surface area contributed by atoms with E-state index in [9.17, 15) is 8.42 Å². The van der Waals surface area contributed by atoms with E-state index in [1.807, 2.05) is 6.92 Å². The van der Waals surface area contributed by atoms with Gasteiger partial charge >= 0.3 is 0 Å². The third-order valence-electron chi connectivity index (χ3n) is 3.97. The van der Waals surface area contributed by atoms with E-state index in [0.29, 0.717) is 13.1 Å².